The molecule has 0 fully saturated rings. The molecule has 1 aromatic rings. The molecule has 0 aliphatic heterocycles. The highest BCUT2D eigenvalue weighted by Gasteiger charge is 2.27. The van der Waals surface area contributed by atoms with E-state index in [-0.39, 0.29) is 17.3 Å². The van der Waals surface area contributed by atoms with Gasteiger partial charge in [0, 0.05) is 0 Å². The Morgan fingerprint density at radius 3 is 2.71 bits per heavy atom. The van der Waals surface area contributed by atoms with Gasteiger partial charge < -0.3 is 5.11 Å². The molecule has 1 atom stereocenters. The predicted octanol–water partition coefficient (Wildman–Crippen LogP) is 3.48. The molecule has 0 saturated heterocycles. The number of benzene rings is 1. The fourth-order valence-corrected chi connectivity index (χ4v) is 2.65. The molecule has 17 heavy (non-hydrogen) atoms. The van der Waals surface area contributed by atoms with Crippen LogP contribution < -0.4 is 0 Å². The fourth-order valence-electron chi connectivity index (χ4n) is 2.65. The second-order valence-electron chi connectivity index (χ2n) is 5.71. The van der Waals surface area contributed by atoms with Crippen LogP contribution in [0.2, 0.25) is 0 Å². The minimum atomic E-state index is -0.388. The van der Waals surface area contributed by atoms with Crippen LogP contribution in [-0.4, -0.2) is 11.2 Å². The lowest BCUT2D eigenvalue weighted by atomic mass is 9.75. The maximum Gasteiger partial charge on any atom is 0.126 e. The Bertz CT molecular complexity index is 434. The Balaban J connectivity index is 2.17. The smallest absolute Gasteiger partial charge is 0.126 e. The number of hydrogen-bond donors (Lipinski definition) is 1. The van der Waals surface area contributed by atoms with Crippen LogP contribution in [-0.2, 0) is 6.42 Å². The average molecular weight is 234 g/mol. The van der Waals surface area contributed by atoms with E-state index in [2.05, 4.69) is 13.8 Å². The third-order valence-corrected chi connectivity index (χ3v) is 3.27. The third kappa shape index (κ3) is 3.16. The first-order valence-electron chi connectivity index (χ1n) is 6.07. The van der Waals surface area contributed by atoms with Gasteiger partial charge in [0.2, 0.25) is 0 Å². The summed E-state index contributed by atoms with van der Waals surface area (Å²) in [5.41, 5.74) is 1.96. The molecule has 0 amide bonds. The normalized spacial score (nSPS) is 23.3. The molecule has 0 bridgehead atoms. The van der Waals surface area contributed by atoms with Crippen LogP contribution in [0.3, 0.4) is 0 Å². The topological polar surface area (TPSA) is 20.2 Å². The van der Waals surface area contributed by atoms with Crippen LogP contribution >= 0.6 is 0 Å². The lowest BCUT2D eigenvalue weighted by Gasteiger charge is -2.32. The minimum Gasteiger partial charge on any atom is -0.389 e. The van der Waals surface area contributed by atoms with Gasteiger partial charge >= 0.3 is 0 Å². The van der Waals surface area contributed by atoms with Crippen LogP contribution in [0.25, 0.3) is 0 Å². The van der Waals surface area contributed by atoms with Crippen molar-refractivity contribution in [1.29, 1.82) is 0 Å². The zero-order chi connectivity index (χ0) is 12.5. The summed E-state index contributed by atoms with van der Waals surface area (Å²) < 4.78 is 13.5. The van der Waals surface area contributed by atoms with Crippen molar-refractivity contribution in [3.8, 4) is 0 Å². The molecule has 0 spiro atoms. The molecule has 1 aliphatic rings. The van der Waals surface area contributed by atoms with E-state index in [1.807, 2.05) is 18.2 Å². The molecule has 2 heteroatoms. The summed E-state index contributed by atoms with van der Waals surface area (Å²) >= 11 is 0. The number of allylic oxidation sites excluding steroid dienone is 1. The summed E-state index contributed by atoms with van der Waals surface area (Å²) in [5.74, 6) is -0.161. The van der Waals surface area contributed by atoms with Crippen LogP contribution in [0.4, 0.5) is 4.39 Å². The zero-order valence-electron chi connectivity index (χ0n) is 10.4. The summed E-state index contributed by atoms with van der Waals surface area (Å²) in [6, 6.07) is 6.85. The van der Waals surface area contributed by atoms with Crippen molar-refractivity contribution in [1.82, 2.24) is 0 Å². The van der Waals surface area contributed by atoms with Gasteiger partial charge in [0.05, 0.1) is 6.10 Å². The molecular weight excluding hydrogens is 215 g/mol. The van der Waals surface area contributed by atoms with Crippen molar-refractivity contribution in [2.24, 2.45) is 5.41 Å². The van der Waals surface area contributed by atoms with Crippen LogP contribution in [0.1, 0.15) is 32.3 Å². The molecular formula is C15H19FO. The van der Waals surface area contributed by atoms with Gasteiger partial charge in [-0.05, 0) is 36.3 Å². The van der Waals surface area contributed by atoms with E-state index >= 15 is 0 Å². The quantitative estimate of drug-likeness (QED) is 0.777. The zero-order valence-corrected chi connectivity index (χ0v) is 10.4. The molecule has 1 aliphatic carbocycles. The molecule has 1 nitrogen and oxygen atoms in total. The van der Waals surface area contributed by atoms with Crippen molar-refractivity contribution in [2.75, 3.05) is 0 Å². The van der Waals surface area contributed by atoms with Gasteiger partial charge in [-0.1, -0.05) is 43.7 Å². The highest BCUT2D eigenvalue weighted by atomic mass is 19.1. The molecule has 1 aromatic carbocycles. The molecule has 0 heterocycles. The first-order chi connectivity index (χ1) is 7.96. The SMILES string of the molecule is CC1(C)CC(Cc2ccccc2F)=CC(O)C1. The van der Waals surface area contributed by atoms with E-state index in [1.165, 1.54) is 6.07 Å². The largest absolute Gasteiger partial charge is 0.389 e. The monoisotopic (exact) mass is 234 g/mol. The summed E-state index contributed by atoms with van der Waals surface area (Å²) in [6.45, 7) is 4.29. The standard InChI is InChI=1S/C15H19FO/c1-15(2)9-11(8-13(17)10-15)7-12-5-3-4-6-14(12)16/h3-6,8,13,17H,7,9-10H2,1-2H3. The van der Waals surface area contributed by atoms with Gasteiger partial charge in [0.25, 0.3) is 0 Å². The molecule has 1 unspecified atom stereocenters. The van der Waals surface area contributed by atoms with E-state index in [1.54, 1.807) is 6.07 Å². The Morgan fingerprint density at radius 1 is 1.35 bits per heavy atom. The second kappa shape index (κ2) is 4.61. The molecule has 2 rings (SSSR count). The number of halogens is 1. The highest BCUT2D eigenvalue weighted by Crippen LogP contribution is 2.36. The van der Waals surface area contributed by atoms with Crippen molar-refractivity contribution >= 4 is 0 Å². The molecule has 0 saturated carbocycles. The minimum absolute atomic E-state index is 0.106. The summed E-state index contributed by atoms with van der Waals surface area (Å²) in [7, 11) is 0. The lowest BCUT2D eigenvalue weighted by molar-refractivity contribution is 0.138. The van der Waals surface area contributed by atoms with Gasteiger partial charge in [-0.15, -0.1) is 0 Å². The Kier molecular flexibility index (Phi) is 3.34. The first kappa shape index (κ1) is 12.3. The number of aliphatic hydroxyl groups excluding tert-OH is 1. The van der Waals surface area contributed by atoms with Crippen molar-refractivity contribution in [3.05, 3.63) is 47.3 Å². The maximum atomic E-state index is 13.5. The van der Waals surface area contributed by atoms with Gasteiger partial charge in [-0.25, -0.2) is 4.39 Å². The first-order valence-corrected chi connectivity index (χ1v) is 6.07. The van der Waals surface area contributed by atoms with E-state index in [0.717, 1.165) is 18.4 Å². The average Bonchev–Trinajstić information content (AvgIpc) is 2.18. The highest BCUT2D eigenvalue weighted by molar-refractivity contribution is 5.26. The van der Waals surface area contributed by atoms with Crippen molar-refractivity contribution < 1.29 is 9.50 Å². The molecule has 92 valence electrons. The van der Waals surface area contributed by atoms with Gasteiger partial charge in [-0.2, -0.15) is 0 Å². The molecule has 1 N–H and O–H groups in total. The number of rotatable bonds is 2. The lowest BCUT2D eigenvalue weighted by Crippen LogP contribution is -2.25. The van der Waals surface area contributed by atoms with Crippen molar-refractivity contribution in [2.45, 2.75) is 39.2 Å². The fraction of sp³-hybridized carbons (Fsp3) is 0.467. The summed E-state index contributed by atoms with van der Waals surface area (Å²) in [4.78, 5) is 0. The van der Waals surface area contributed by atoms with E-state index in [0.29, 0.717) is 12.0 Å². The van der Waals surface area contributed by atoms with Crippen LogP contribution in [0.5, 0.6) is 0 Å². The Hall–Kier alpha value is -1.15. The van der Waals surface area contributed by atoms with Gasteiger partial charge in [-0.3, -0.25) is 0 Å². The Labute approximate surface area is 102 Å². The van der Waals surface area contributed by atoms with Crippen LogP contribution in [0.15, 0.2) is 35.9 Å². The number of aliphatic hydroxyl groups is 1. The predicted molar refractivity (Wildman–Crippen MR) is 67.2 cm³/mol. The third-order valence-electron chi connectivity index (χ3n) is 3.27. The van der Waals surface area contributed by atoms with E-state index < -0.39 is 0 Å². The molecule has 0 aromatic heterocycles. The van der Waals surface area contributed by atoms with Crippen LogP contribution in [0, 0.1) is 11.2 Å². The number of hydrogen-bond acceptors (Lipinski definition) is 1. The van der Waals surface area contributed by atoms with E-state index in [4.69, 9.17) is 0 Å². The summed E-state index contributed by atoms with van der Waals surface area (Å²) in [6.07, 6.45) is 3.82. The van der Waals surface area contributed by atoms with Gasteiger partial charge in [0.1, 0.15) is 5.82 Å². The Morgan fingerprint density at radius 2 is 2.06 bits per heavy atom. The second-order valence-corrected chi connectivity index (χ2v) is 5.71. The summed E-state index contributed by atoms with van der Waals surface area (Å²) in [5, 5.41) is 9.79. The maximum absolute atomic E-state index is 13.5. The van der Waals surface area contributed by atoms with Crippen molar-refractivity contribution in [3.63, 3.8) is 0 Å². The van der Waals surface area contributed by atoms with Gasteiger partial charge in [0.15, 0.2) is 0 Å². The molecule has 0 radical (unpaired) electrons. The van der Waals surface area contributed by atoms with E-state index in [9.17, 15) is 9.50 Å².